The third-order valence-corrected chi connectivity index (χ3v) is 3.93. The zero-order valence-electron chi connectivity index (χ0n) is 11.3. The van der Waals surface area contributed by atoms with Crippen molar-refractivity contribution >= 4 is 17.6 Å². The summed E-state index contributed by atoms with van der Waals surface area (Å²) in [5, 5.41) is 13.7. The van der Waals surface area contributed by atoms with Gasteiger partial charge in [0, 0.05) is 29.1 Å². The molecule has 1 aromatic rings. The molecule has 0 bridgehead atoms. The highest BCUT2D eigenvalue weighted by atomic mass is 19.1. The van der Waals surface area contributed by atoms with Crippen LogP contribution in [0, 0.1) is 24.6 Å². The van der Waals surface area contributed by atoms with E-state index in [2.05, 4.69) is 5.32 Å². The van der Waals surface area contributed by atoms with E-state index >= 15 is 0 Å². The van der Waals surface area contributed by atoms with Gasteiger partial charge in [0.2, 0.25) is 5.91 Å². The van der Waals surface area contributed by atoms with Crippen LogP contribution in [0.4, 0.5) is 10.1 Å². The number of carbonyl (C=O) groups excluding carboxylic acids is 2. The van der Waals surface area contributed by atoms with Gasteiger partial charge >= 0.3 is 0 Å². The molecule has 1 N–H and O–H groups in total. The summed E-state index contributed by atoms with van der Waals surface area (Å²) in [7, 11) is 0. The second-order valence-electron chi connectivity index (χ2n) is 5.22. The summed E-state index contributed by atoms with van der Waals surface area (Å²) >= 11 is 0. The molecule has 1 amide bonds. The van der Waals surface area contributed by atoms with Gasteiger partial charge in [-0.1, -0.05) is 18.9 Å². The highest BCUT2D eigenvalue weighted by Gasteiger charge is 2.32. The fourth-order valence-corrected chi connectivity index (χ4v) is 2.70. The van der Waals surface area contributed by atoms with Crippen LogP contribution in [-0.4, -0.2) is 11.9 Å². The molecule has 2 rings (SSSR count). The van der Waals surface area contributed by atoms with Crippen molar-refractivity contribution in [3.8, 4) is 0 Å². The Hall–Kier alpha value is -1.91. The van der Waals surface area contributed by atoms with Gasteiger partial charge in [-0.2, -0.15) is 0 Å². The van der Waals surface area contributed by atoms with Crippen molar-refractivity contribution in [1.29, 1.82) is 0 Å². The first-order chi connectivity index (χ1) is 9.50. The number of anilines is 1. The zero-order valence-corrected chi connectivity index (χ0v) is 11.3. The summed E-state index contributed by atoms with van der Waals surface area (Å²) in [5.74, 6) is -3.30. The van der Waals surface area contributed by atoms with E-state index in [0.29, 0.717) is 24.1 Å². The number of hydrogen-bond donors (Lipinski definition) is 1. The molecule has 1 fully saturated rings. The van der Waals surface area contributed by atoms with Gasteiger partial charge in [0.1, 0.15) is 5.82 Å². The average molecular weight is 278 g/mol. The number of halogens is 1. The highest BCUT2D eigenvalue weighted by Crippen LogP contribution is 2.31. The third kappa shape index (κ3) is 2.98. The van der Waals surface area contributed by atoms with Crippen LogP contribution in [0.3, 0.4) is 0 Å². The topological polar surface area (TPSA) is 69.2 Å². The molecule has 0 unspecified atom stereocenters. The van der Waals surface area contributed by atoms with Crippen LogP contribution in [0.1, 0.15) is 31.2 Å². The van der Waals surface area contributed by atoms with Crippen molar-refractivity contribution in [2.24, 2.45) is 11.8 Å². The molecule has 0 saturated heterocycles. The normalized spacial score (nSPS) is 22.3. The molecule has 0 heterocycles. The average Bonchev–Trinajstić information content (AvgIpc) is 2.43. The second kappa shape index (κ2) is 6.03. The first-order valence-corrected chi connectivity index (χ1v) is 6.77. The van der Waals surface area contributed by atoms with Gasteiger partial charge in [-0.3, -0.25) is 4.79 Å². The molecule has 1 aliphatic rings. The van der Waals surface area contributed by atoms with Crippen LogP contribution >= 0.6 is 0 Å². The van der Waals surface area contributed by atoms with Gasteiger partial charge in [0.15, 0.2) is 0 Å². The van der Waals surface area contributed by atoms with E-state index in [9.17, 15) is 19.1 Å². The standard InChI is InChI=1S/C15H18FNO3/c1-9-12(16)7-4-8-13(9)17-14(18)10-5-2-3-6-11(10)15(19)20/h4,7-8,10-11H,2-3,5-6H2,1H3,(H,17,18)(H,19,20)/p-1/t10-,11-/m0/s1. The fraction of sp³-hybridized carbons (Fsp3) is 0.467. The summed E-state index contributed by atoms with van der Waals surface area (Å²) in [5.41, 5.74) is 0.735. The molecule has 2 atom stereocenters. The molecule has 0 aromatic heterocycles. The predicted octanol–water partition coefficient (Wildman–Crippen LogP) is 1.63. The smallest absolute Gasteiger partial charge is 0.228 e. The van der Waals surface area contributed by atoms with Crippen molar-refractivity contribution in [2.75, 3.05) is 5.32 Å². The Morgan fingerprint density at radius 3 is 2.55 bits per heavy atom. The number of carboxylic acids is 1. The number of carboxylic acid groups (broad SMARTS) is 1. The number of amides is 1. The Balaban J connectivity index is 2.14. The molecule has 0 radical (unpaired) electrons. The Kier molecular flexibility index (Phi) is 4.37. The van der Waals surface area contributed by atoms with Crippen LogP contribution < -0.4 is 10.4 Å². The van der Waals surface area contributed by atoms with Gasteiger partial charge in [-0.25, -0.2) is 4.39 Å². The Morgan fingerprint density at radius 1 is 1.25 bits per heavy atom. The maximum Gasteiger partial charge on any atom is 0.228 e. The van der Waals surface area contributed by atoms with Crippen molar-refractivity contribution in [1.82, 2.24) is 0 Å². The Bertz CT molecular complexity index is 530. The lowest BCUT2D eigenvalue weighted by Gasteiger charge is -2.31. The second-order valence-corrected chi connectivity index (χ2v) is 5.22. The maximum absolute atomic E-state index is 13.4. The SMILES string of the molecule is Cc1c(F)cccc1NC(=O)[C@H]1CCCC[C@@H]1C(=O)[O-]. The number of hydrogen-bond acceptors (Lipinski definition) is 3. The molecule has 0 spiro atoms. The molecule has 20 heavy (non-hydrogen) atoms. The van der Waals surface area contributed by atoms with Crippen molar-refractivity contribution in [2.45, 2.75) is 32.6 Å². The lowest BCUT2D eigenvalue weighted by atomic mass is 9.78. The zero-order chi connectivity index (χ0) is 14.7. The van der Waals surface area contributed by atoms with Gasteiger partial charge in [0.25, 0.3) is 0 Å². The summed E-state index contributed by atoms with van der Waals surface area (Å²) in [4.78, 5) is 23.3. The van der Waals surface area contributed by atoms with Crippen LogP contribution in [0.25, 0.3) is 0 Å². The minimum absolute atomic E-state index is 0.349. The van der Waals surface area contributed by atoms with E-state index in [1.54, 1.807) is 13.0 Å². The van der Waals surface area contributed by atoms with Crippen LogP contribution in [0.2, 0.25) is 0 Å². The number of nitrogens with one attached hydrogen (secondary N) is 1. The fourth-order valence-electron chi connectivity index (χ4n) is 2.70. The first kappa shape index (κ1) is 14.5. The molecule has 1 aliphatic carbocycles. The minimum atomic E-state index is -1.18. The predicted molar refractivity (Wildman–Crippen MR) is 70.2 cm³/mol. The molecule has 1 saturated carbocycles. The van der Waals surface area contributed by atoms with E-state index in [1.165, 1.54) is 12.1 Å². The molecular formula is C15H17FNO3-. The van der Waals surface area contributed by atoms with Gasteiger partial charge in [0.05, 0.1) is 0 Å². The quantitative estimate of drug-likeness (QED) is 0.913. The largest absolute Gasteiger partial charge is 0.550 e. The number of benzene rings is 1. The summed E-state index contributed by atoms with van der Waals surface area (Å²) in [6.07, 6.45) is 2.60. The molecule has 0 aliphatic heterocycles. The highest BCUT2D eigenvalue weighted by molar-refractivity contribution is 5.95. The van der Waals surface area contributed by atoms with Gasteiger partial charge < -0.3 is 15.2 Å². The van der Waals surface area contributed by atoms with Crippen LogP contribution in [0.15, 0.2) is 18.2 Å². The van der Waals surface area contributed by atoms with Crippen LogP contribution in [0.5, 0.6) is 0 Å². The Labute approximate surface area is 117 Å². The molecule has 4 nitrogen and oxygen atoms in total. The lowest BCUT2D eigenvalue weighted by molar-refractivity contribution is -0.313. The third-order valence-electron chi connectivity index (χ3n) is 3.93. The first-order valence-electron chi connectivity index (χ1n) is 6.77. The molecular weight excluding hydrogens is 261 g/mol. The molecule has 108 valence electrons. The minimum Gasteiger partial charge on any atom is -0.550 e. The van der Waals surface area contributed by atoms with Gasteiger partial charge in [-0.15, -0.1) is 0 Å². The monoisotopic (exact) mass is 278 g/mol. The van der Waals surface area contributed by atoms with Crippen molar-refractivity contribution < 1.29 is 19.1 Å². The van der Waals surface area contributed by atoms with E-state index in [4.69, 9.17) is 0 Å². The van der Waals surface area contributed by atoms with E-state index < -0.39 is 23.6 Å². The Morgan fingerprint density at radius 2 is 1.90 bits per heavy atom. The number of aliphatic carboxylic acids is 1. The van der Waals surface area contributed by atoms with E-state index in [0.717, 1.165) is 12.8 Å². The van der Waals surface area contributed by atoms with E-state index in [1.807, 2.05) is 0 Å². The summed E-state index contributed by atoms with van der Waals surface area (Å²) < 4.78 is 13.4. The van der Waals surface area contributed by atoms with E-state index in [-0.39, 0.29) is 5.91 Å². The number of rotatable bonds is 3. The lowest BCUT2D eigenvalue weighted by Crippen LogP contribution is -2.42. The molecule has 5 heteroatoms. The summed E-state index contributed by atoms with van der Waals surface area (Å²) in [6.45, 7) is 1.57. The van der Waals surface area contributed by atoms with Crippen molar-refractivity contribution in [3.05, 3.63) is 29.6 Å². The number of carbonyl (C=O) groups is 2. The van der Waals surface area contributed by atoms with Gasteiger partial charge in [-0.05, 0) is 31.9 Å². The summed E-state index contributed by atoms with van der Waals surface area (Å²) in [6, 6.07) is 4.43. The maximum atomic E-state index is 13.4. The van der Waals surface area contributed by atoms with Crippen LogP contribution in [-0.2, 0) is 9.59 Å². The molecule has 1 aromatic carbocycles. The van der Waals surface area contributed by atoms with Crippen molar-refractivity contribution in [3.63, 3.8) is 0 Å².